The average molecular weight is 306 g/mol. The maximum Gasteiger partial charge on any atom is 0.156 e. The zero-order valence-electron chi connectivity index (χ0n) is 12.7. The van der Waals surface area contributed by atoms with Gasteiger partial charge in [0.05, 0.1) is 10.5 Å². The van der Waals surface area contributed by atoms with E-state index in [2.05, 4.69) is 13.2 Å². The number of fused-ring (bicyclic) bond motifs is 4. The van der Waals surface area contributed by atoms with Gasteiger partial charge in [-0.2, -0.15) is 0 Å². The Bertz CT molecular complexity index is 520. The van der Waals surface area contributed by atoms with E-state index in [0.29, 0.717) is 35.5 Å². The van der Waals surface area contributed by atoms with Crippen LogP contribution in [0, 0.1) is 35.5 Å². The molecule has 0 aromatic rings. The molecule has 4 aliphatic rings. The lowest BCUT2D eigenvalue weighted by Crippen LogP contribution is -2.41. The van der Waals surface area contributed by atoms with E-state index in [1.54, 1.807) is 0 Å². The summed E-state index contributed by atoms with van der Waals surface area (Å²) < 4.78 is 26.5. The van der Waals surface area contributed by atoms with Crippen molar-refractivity contribution in [3.05, 3.63) is 25.3 Å². The number of allylic oxidation sites excluding steroid dienone is 2. The van der Waals surface area contributed by atoms with Gasteiger partial charge >= 0.3 is 0 Å². The van der Waals surface area contributed by atoms with Gasteiger partial charge in [0.1, 0.15) is 0 Å². The minimum absolute atomic E-state index is 0.0749. The molecule has 4 bridgehead atoms. The van der Waals surface area contributed by atoms with Crippen LogP contribution >= 0.6 is 0 Å². The van der Waals surface area contributed by atoms with Crippen molar-refractivity contribution in [2.45, 2.75) is 49.0 Å². The average Bonchev–Trinajstić information content (AvgIpc) is 3.23. The molecule has 0 N–H and O–H groups in total. The van der Waals surface area contributed by atoms with Crippen LogP contribution in [0.2, 0.25) is 0 Å². The fourth-order valence-electron chi connectivity index (χ4n) is 6.20. The second-order valence-corrected chi connectivity index (χ2v) is 10.3. The molecule has 0 amide bonds. The summed E-state index contributed by atoms with van der Waals surface area (Å²) in [6.07, 6.45) is 10.4. The molecule has 0 radical (unpaired) electrons. The van der Waals surface area contributed by atoms with Crippen LogP contribution in [-0.2, 0) is 9.84 Å². The van der Waals surface area contributed by atoms with Crippen LogP contribution in [0.1, 0.15) is 38.5 Å². The Labute approximate surface area is 128 Å². The monoisotopic (exact) mass is 306 g/mol. The topological polar surface area (TPSA) is 34.1 Å². The maximum atomic E-state index is 13.3. The molecule has 4 fully saturated rings. The first-order chi connectivity index (χ1) is 10.0. The van der Waals surface area contributed by atoms with Gasteiger partial charge in [-0.05, 0) is 74.0 Å². The zero-order valence-corrected chi connectivity index (χ0v) is 13.5. The quantitative estimate of drug-likeness (QED) is 0.744. The highest BCUT2D eigenvalue weighted by Gasteiger charge is 2.57. The van der Waals surface area contributed by atoms with E-state index in [4.69, 9.17) is 0 Å². The molecule has 4 aliphatic carbocycles. The van der Waals surface area contributed by atoms with E-state index in [0.717, 1.165) is 25.7 Å². The Balaban J connectivity index is 1.60. The third kappa shape index (κ3) is 1.92. The molecule has 0 heterocycles. The first-order valence-electron chi connectivity index (χ1n) is 8.52. The van der Waals surface area contributed by atoms with Crippen molar-refractivity contribution in [3.63, 3.8) is 0 Å². The van der Waals surface area contributed by atoms with Gasteiger partial charge in [-0.1, -0.05) is 12.2 Å². The summed E-state index contributed by atoms with van der Waals surface area (Å²) in [5, 5.41) is -0.150. The molecule has 8 unspecified atom stereocenters. The van der Waals surface area contributed by atoms with Crippen molar-refractivity contribution in [2.24, 2.45) is 35.5 Å². The zero-order chi connectivity index (χ0) is 14.8. The molecule has 0 spiro atoms. The van der Waals surface area contributed by atoms with Gasteiger partial charge in [0.15, 0.2) is 9.84 Å². The molecular formula is C18H26O2S. The molecule has 8 atom stereocenters. The summed E-state index contributed by atoms with van der Waals surface area (Å²) in [4.78, 5) is 0. The lowest BCUT2D eigenvalue weighted by atomic mass is 9.88. The standard InChI is InChI=1S/C18H26O2S/c1-3-13-5-11-7-15(13)17(9-11)21(19,20)18-10-12-6-14(4-2)16(18)8-12/h3-4,11-18H,1-2,5-10H2. The van der Waals surface area contributed by atoms with Crippen LogP contribution in [0.4, 0.5) is 0 Å². The van der Waals surface area contributed by atoms with E-state index in [1.165, 1.54) is 12.8 Å². The van der Waals surface area contributed by atoms with E-state index in [9.17, 15) is 8.42 Å². The first-order valence-corrected chi connectivity index (χ1v) is 10.1. The highest BCUT2D eigenvalue weighted by molar-refractivity contribution is 7.92. The highest BCUT2D eigenvalue weighted by atomic mass is 32.2. The Morgan fingerprint density at radius 3 is 1.48 bits per heavy atom. The van der Waals surface area contributed by atoms with E-state index in [-0.39, 0.29) is 10.5 Å². The molecule has 0 saturated heterocycles. The van der Waals surface area contributed by atoms with Crippen LogP contribution in [0.3, 0.4) is 0 Å². The Hall–Kier alpha value is -0.570. The molecule has 4 saturated carbocycles. The number of hydrogen-bond acceptors (Lipinski definition) is 2. The molecule has 0 aliphatic heterocycles. The SMILES string of the molecule is C=CC1CC2CC1C(S(=O)(=O)C1CC3CC(C=C)C1C3)C2. The minimum atomic E-state index is -2.98. The second kappa shape index (κ2) is 4.71. The normalized spacial score (nSPS) is 51.4. The largest absolute Gasteiger partial charge is 0.228 e. The van der Waals surface area contributed by atoms with E-state index < -0.39 is 9.84 Å². The molecule has 21 heavy (non-hydrogen) atoms. The van der Waals surface area contributed by atoms with Crippen molar-refractivity contribution in [1.29, 1.82) is 0 Å². The van der Waals surface area contributed by atoms with Crippen molar-refractivity contribution in [2.75, 3.05) is 0 Å². The highest BCUT2D eigenvalue weighted by Crippen LogP contribution is 2.56. The second-order valence-electron chi connectivity index (χ2n) is 7.94. The summed E-state index contributed by atoms with van der Waals surface area (Å²) in [6.45, 7) is 7.86. The first kappa shape index (κ1) is 14.0. The smallest absolute Gasteiger partial charge is 0.156 e. The Morgan fingerprint density at radius 2 is 1.14 bits per heavy atom. The molecule has 0 aromatic heterocycles. The van der Waals surface area contributed by atoms with Crippen LogP contribution in [0.25, 0.3) is 0 Å². The lowest BCUT2D eigenvalue weighted by Gasteiger charge is -2.34. The fraction of sp³-hybridized carbons (Fsp3) is 0.778. The van der Waals surface area contributed by atoms with Crippen molar-refractivity contribution in [3.8, 4) is 0 Å². The van der Waals surface area contributed by atoms with Crippen molar-refractivity contribution in [1.82, 2.24) is 0 Å². The van der Waals surface area contributed by atoms with Crippen LogP contribution in [0.5, 0.6) is 0 Å². The number of sulfone groups is 1. The third-order valence-electron chi connectivity index (χ3n) is 7.06. The molecule has 4 rings (SSSR count). The molecular weight excluding hydrogens is 280 g/mol. The van der Waals surface area contributed by atoms with Crippen LogP contribution in [-0.4, -0.2) is 18.9 Å². The minimum Gasteiger partial charge on any atom is -0.228 e. The van der Waals surface area contributed by atoms with Gasteiger partial charge in [0.2, 0.25) is 0 Å². The van der Waals surface area contributed by atoms with E-state index >= 15 is 0 Å². The Kier molecular flexibility index (Phi) is 3.15. The van der Waals surface area contributed by atoms with Gasteiger partial charge < -0.3 is 0 Å². The van der Waals surface area contributed by atoms with Crippen LogP contribution in [0.15, 0.2) is 25.3 Å². The summed E-state index contributed by atoms with van der Waals surface area (Å²) in [6, 6.07) is 0. The number of hydrogen-bond donors (Lipinski definition) is 0. The lowest BCUT2D eigenvalue weighted by molar-refractivity contribution is 0.363. The molecule has 116 valence electrons. The third-order valence-corrected chi connectivity index (χ3v) is 9.83. The maximum absolute atomic E-state index is 13.3. The summed E-state index contributed by atoms with van der Waals surface area (Å²) in [7, 11) is -2.98. The Morgan fingerprint density at radius 1 is 0.714 bits per heavy atom. The predicted molar refractivity (Wildman–Crippen MR) is 85.5 cm³/mol. The predicted octanol–water partition coefficient (Wildman–Crippen LogP) is 3.60. The fourth-order valence-corrected chi connectivity index (χ4v) is 9.33. The molecule has 0 aromatic carbocycles. The van der Waals surface area contributed by atoms with Crippen LogP contribution < -0.4 is 0 Å². The molecule has 2 nitrogen and oxygen atoms in total. The van der Waals surface area contributed by atoms with Gasteiger partial charge in [-0.15, -0.1) is 13.2 Å². The van der Waals surface area contributed by atoms with Gasteiger partial charge in [0, 0.05) is 0 Å². The van der Waals surface area contributed by atoms with Crippen molar-refractivity contribution < 1.29 is 8.42 Å². The van der Waals surface area contributed by atoms with Gasteiger partial charge in [-0.25, -0.2) is 8.42 Å². The number of rotatable bonds is 4. The summed E-state index contributed by atoms with van der Waals surface area (Å²) in [5.41, 5.74) is 0. The summed E-state index contributed by atoms with van der Waals surface area (Å²) in [5.74, 6) is 2.87. The van der Waals surface area contributed by atoms with Crippen molar-refractivity contribution >= 4 is 9.84 Å². The summed E-state index contributed by atoms with van der Waals surface area (Å²) >= 11 is 0. The van der Waals surface area contributed by atoms with Gasteiger partial charge in [-0.3, -0.25) is 0 Å². The van der Waals surface area contributed by atoms with E-state index in [1.807, 2.05) is 12.2 Å². The van der Waals surface area contributed by atoms with Gasteiger partial charge in [0.25, 0.3) is 0 Å². The molecule has 3 heteroatoms.